The molecular formula is C17H19N. The highest BCUT2D eigenvalue weighted by atomic mass is 14.8. The minimum absolute atomic E-state index is 0.950. The second kappa shape index (κ2) is 5.18. The number of rotatable bonds is 4. The number of nitrogens with zero attached hydrogens (tertiary/aromatic N) is 1. The van der Waals surface area contributed by atoms with Crippen molar-refractivity contribution in [3.05, 3.63) is 60.2 Å². The molecule has 0 saturated heterocycles. The quantitative estimate of drug-likeness (QED) is 0.662. The lowest BCUT2D eigenvalue weighted by atomic mass is 9.97. The van der Waals surface area contributed by atoms with Gasteiger partial charge in [0.05, 0.1) is 5.70 Å². The normalized spacial score (nSPS) is 14.7. The lowest BCUT2D eigenvalue weighted by Crippen LogP contribution is -1.90. The van der Waals surface area contributed by atoms with Gasteiger partial charge < -0.3 is 0 Å². The molecule has 18 heavy (non-hydrogen) atoms. The van der Waals surface area contributed by atoms with E-state index in [-0.39, 0.29) is 0 Å². The van der Waals surface area contributed by atoms with E-state index >= 15 is 0 Å². The number of aliphatic imine (C=N–C) groups is 1. The Bertz CT molecular complexity index is 559. The molecule has 0 amide bonds. The molecule has 1 aliphatic heterocycles. The minimum Gasteiger partial charge on any atom is -0.257 e. The molecule has 92 valence electrons. The van der Waals surface area contributed by atoms with E-state index in [0.29, 0.717) is 0 Å². The molecule has 0 unspecified atom stereocenters. The zero-order chi connectivity index (χ0) is 13.1. The first kappa shape index (κ1) is 12.6. The van der Waals surface area contributed by atoms with Crippen LogP contribution in [-0.4, -0.2) is 5.71 Å². The van der Waals surface area contributed by atoms with E-state index in [1.165, 1.54) is 16.8 Å². The molecule has 1 nitrogen and oxygen atoms in total. The maximum absolute atomic E-state index is 4.76. The van der Waals surface area contributed by atoms with Crippen molar-refractivity contribution in [2.75, 3.05) is 0 Å². The molecule has 2 rings (SSSR count). The Hall–Kier alpha value is -1.89. The summed E-state index contributed by atoms with van der Waals surface area (Å²) in [6, 6.07) is 8.28. The highest BCUT2D eigenvalue weighted by molar-refractivity contribution is 5.98. The Balaban J connectivity index is 2.52. The second-order valence-electron chi connectivity index (χ2n) is 4.61. The van der Waals surface area contributed by atoms with Gasteiger partial charge in [-0.05, 0) is 30.1 Å². The first-order valence-electron chi connectivity index (χ1n) is 6.34. The zero-order valence-corrected chi connectivity index (χ0v) is 11.2. The molecule has 0 radical (unpaired) electrons. The van der Waals surface area contributed by atoms with Crippen LogP contribution in [0, 0.1) is 0 Å². The van der Waals surface area contributed by atoms with Gasteiger partial charge in [-0.2, -0.15) is 0 Å². The molecule has 1 aromatic rings. The highest BCUT2D eigenvalue weighted by Gasteiger charge is 2.17. The van der Waals surface area contributed by atoms with Gasteiger partial charge >= 0.3 is 0 Å². The van der Waals surface area contributed by atoms with Crippen molar-refractivity contribution < 1.29 is 0 Å². The van der Waals surface area contributed by atoms with Crippen molar-refractivity contribution in [3.63, 3.8) is 0 Å². The van der Waals surface area contributed by atoms with Crippen LogP contribution in [0.4, 0.5) is 0 Å². The molecule has 0 aromatic heterocycles. The smallest absolute Gasteiger partial charge is 0.0700 e. The fourth-order valence-corrected chi connectivity index (χ4v) is 2.26. The Morgan fingerprint density at radius 2 is 2.11 bits per heavy atom. The molecule has 1 aliphatic rings. The second-order valence-corrected chi connectivity index (χ2v) is 4.61. The van der Waals surface area contributed by atoms with Gasteiger partial charge in [0, 0.05) is 17.7 Å². The molecule has 0 spiro atoms. The summed E-state index contributed by atoms with van der Waals surface area (Å²) in [5.41, 5.74) is 6.97. The summed E-state index contributed by atoms with van der Waals surface area (Å²) in [5.74, 6) is 0. The van der Waals surface area contributed by atoms with E-state index in [0.717, 1.165) is 29.7 Å². The summed E-state index contributed by atoms with van der Waals surface area (Å²) >= 11 is 0. The van der Waals surface area contributed by atoms with E-state index in [1.54, 1.807) is 6.08 Å². The van der Waals surface area contributed by atoms with Crippen molar-refractivity contribution in [3.8, 4) is 0 Å². The third kappa shape index (κ3) is 2.21. The number of allylic oxidation sites excluding steroid dienone is 3. The van der Waals surface area contributed by atoms with Crippen LogP contribution in [0.25, 0.3) is 11.3 Å². The number of hydrogen-bond acceptors (Lipinski definition) is 1. The Kier molecular flexibility index (Phi) is 3.61. The van der Waals surface area contributed by atoms with Crippen LogP contribution in [0.2, 0.25) is 0 Å². The summed E-state index contributed by atoms with van der Waals surface area (Å²) < 4.78 is 0. The number of benzene rings is 1. The average molecular weight is 237 g/mol. The number of hydrogen-bond donors (Lipinski definition) is 0. The monoisotopic (exact) mass is 237 g/mol. The zero-order valence-electron chi connectivity index (χ0n) is 11.2. The maximum Gasteiger partial charge on any atom is 0.0700 e. The molecule has 0 atom stereocenters. The fraction of sp³-hybridized carbons (Fsp3) is 0.235. The van der Waals surface area contributed by atoms with Gasteiger partial charge in [-0.25, -0.2) is 0 Å². The van der Waals surface area contributed by atoms with Crippen molar-refractivity contribution in [1.29, 1.82) is 0 Å². The van der Waals surface area contributed by atoms with Gasteiger partial charge in [-0.15, -0.1) is 0 Å². The molecule has 1 heteroatoms. The van der Waals surface area contributed by atoms with Gasteiger partial charge in [0.1, 0.15) is 0 Å². The maximum atomic E-state index is 4.76. The summed E-state index contributed by atoms with van der Waals surface area (Å²) in [4.78, 5) is 4.76. The Morgan fingerprint density at radius 3 is 2.72 bits per heavy atom. The van der Waals surface area contributed by atoms with Crippen LogP contribution in [-0.2, 0) is 0 Å². The van der Waals surface area contributed by atoms with Crippen molar-refractivity contribution >= 4 is 17.0 Å². The Labute approximate surface area is 109 Å². The standard InChI is InChI=1S/C17H19N/c1-5-12(3)15-9-7-8-10-16(15)17-13(4)11-14(6-2)18-17/h5,7-10H,1,3,6,11H2,2,4H3. The summed E-state index contributed by atoms with van der Waals surface area (Å²) in [5, 5.41) is 0. The molecule has 0 aliphatic carbocycles. The van der Waals surface area contributed by atoms with Gasteiger partial charge in [-0.3, -0.25) is 4.99 Å². The average Bonchev–Trinajstić information content (AvgIpc) is 2.79. The molecule has 0 N–H and O–H groups in total. The SMILES string of the molecule is C=CC(=C)c1ccccc1C1=C(C)CC(CC)=N1. The van der Waals surface area contributed by atoms with E-state index in [1.807, 2.05) is 6.07 Å². The van der Waals surface area contributed by atoms with Crippen LogP contribution < -0.4 is 0 Å². The first-order valence-corrected chi connectivity index (χ1v) is 6.34. The van der Waals surface area contributed by atoms with Gasteiger partial charge in [0.25, 0.3) is 0 Å². The van der Waals surface area contributed by atoms with Crippen LogP contribution in [0.15, 0.2) is 54.1 Å². The first-order chi connectivity index (χ1) is 8.67. The third-order valence-corrected chi connectivity index (χ3v) is 3.33. The van der Waals surface area contributed by atoms with Crippen LogP contribution in [0.5, 0.6) is 0 Å². The van der Waals surface area contributed by atoms with Gasteiger partial charge in [0.15, 0.2) is 0 Å². The highest BCUT2D eigenvalue weighted by Crippen LogP contribution is 2.33. The van der Waals surface area contributed by atoms with E-state index in [2.05, 4.69) is 45.2 Å². The van der Waals surface area contributed by atoms with Crippen LogP contribution in [0.3, 0.4) is 0 Å². The van der Waals surface area contributed by atoms with Crippen molar-refractivity contribution in [1.82, 2.24) is 0 Å². The topological polar surface area (TPSA) is 12.4 Å². The fourth-order valence-electron chi connectivity index (χ4n) is 2.26. The summed E-state index contributed by atoms with van der Waals surface area (Å²) in [7, 11) is 0. The van der Waals surface area contributed by atoms with Crippen LogP contribution >= 0.6 is 0 Å². The lowest BCUT2D eigenvalue weighted by molar-refractivity contribution is 1.20. The minimum atomic E-state index is 0.950. The van der Waals surface area contributed by atoms with Crippen LogP contribution in [0.1, 0.15) is 37.8 Å². The van der Waals surface area contributed by atoms with E-state index in [4.69, 9.17) is 4.99 Å². The largest absolute Gasteiger partial charge is 0.257 e. The molecule has 1 heterocycles. The van der Waals surface area contributed by atoms with Gasteiger partial charge in [-0.1, -0.05) is 50.4 Å². The third-order valence-electron chi connectivity index (χ3n) is 3.33. The molecule has 0 saturated carbocycles. The molecular weight excluding hydrogens is 218 g/mol. The van der Waals surface area contributed by atoms with E-state index in [9.17, 15) is 0 Å². The summed E-state index contributed by atoms with van der Waals surface area (Å²) in [6.07, 6.45) is 3.82. The summed E-state index contributed by atoms with van der Waals surface area (Å²) in [6.45, 7) is 12.2. The molecule has 0 bridgehead atoms. The van der Waals surface area contributed by atoms with E-state index < -0.39 is 0 Å². The molecule has 0 fully saturated rings. The predicted octanol–water partition coefficient (Wildman–Crippen LogP) is 4.87. The molecule has 1 aromatic carbocycles. The Morgan fingerprint density at radius 1 is 1.39 bits per heavy atom. The van der Waals surface area contributed by atoms with Crippen molar-refractivity contribution in [2.45, 2.75) is 26.7 Å². The lowest BCUT2D eigenvalue weighted by Gasteiger charge is -2.09. The van der Waals surface area contributed by atoms with Crippen molar-refractivity contribution in [2.24, 2.45) is 4.99 Å². The predicted molar refractivity (Wildman–Crippen MR) is 80.6 cm³/mol. The van der Waals surface area contributed by atoms with Gasteiger partial charge in [0.2, 0.25) is 0 Å².